The van der Waals surface area contributed by atoms with Crippen LogP contribution >= 0.6 is 0 Å². The van der Waals surface area contributed by atoms with Crippen LogP contribution in [0.1, 0.15) is 35.8 Å². The largest absolute Gasteiger partial charge is 0.405 e. The summed E-state index contributed by atoms with van der Waals surface area (Å²) in [5.74, 6) is -0.169. The Kier molecular flexibility index (Phi) is 6.17. The molecule has 178 valence electrons. The molecule has 9 nitrogen and oxygen atoms in total. The van der Waals surface area contributed by atoms with Crippen LogP contribution in [0.2, 0.25) is 0 Å². The molecule has 2 aliphatic heterocycles. The molecule has 0 aliphatic carbocycles. The summed E-state index contributed by atoms with van der Waals surface area (Å²) < 4.78 is 40.2. The summed E-state index contributed by atoms with van der Waals surface area (Å²) in [6.07, 6.45) is -2.89. The number of nitrogens with one attached hydrogen (secondary N) is 1. The number of hydrogen-bond acceptors (Lipinski definition) is 4. The zero-order valence-corrected chi connectivity index (χ0v) is 18.1. The summed E-state index contributed by atoms with van der Waals surface area (Å²) >= 11 is 0. The third-order valence-electron chi connectivity index (χ3n) is 5.86. The number of nitrogens with zero attached hydrogens (tertiary/aromatic N) is 5. The van der Waals surface area contributed by atoms with Crippen LogP contribution in [0.25, 0.3) is 0 Å². The van der Waals surface area contributed by atoms with Gasteiger partial charge in [-0.25, -0.2) is 14.3 Å². The van der Waals surface area contributed by atoms with Crippen molar-refractivity contribution in [1.82, 2.24) is 29.5 Å². The van der Waals surface area contributed by atoms with Gasteiger partial charge in [-0.05, 0) is 25.3 Å². The Bertz CT molecular complexity index is 1090. The first-order valence-corrected chi connectivity index (χ1v) is 10.7. The summed E-state index contributed by atoms with van der Waals surface area (Å²) in [7, 11) is 0. The van der Waals surface area contributed by atoms with Crippen LogP contribution in [0.3, 0.4) is 0 Å². The average molecular weight is 466 g/mol. The fraction of sp³-hybridized carbons (Fsp3) is 0.524. The number of carbonyl (C=O) groups excluding carboxylic acids is 2. The van der Waals surface area contributed by atoms with Crippen molar-refractivity contribution in [1.29, 1.82) is 0 Å². The van der Waals surface area contributed by atoms with E-state index in [4.69, 9.17) is 0 Å². The van der Waals surface area contributed by atoms with Crippen molar-refractivity contribution in [2.45, 2.75) is 45.1 Å². The molecule has 3 heterocycles. The zero-order valence-electron chi connectivity index (χ0n) is 18.1. The van der Waals surface area contributed by atoms with Gasteiger partial charge in [0.2, 0.25) is 5.91 Å². The smallest absolute Gasteiger partial charge is 0.341 e. The highest BCUT2D eigenvalue weighted by Gasteiger charge is 2.39. The molecule has 2 aromatic rings. The molecule has 12 heteroatoms. The molecule has 1 N–H and O–H groups in total. The predicted molar refractivity (Wildman–Crippen MR) is 111 cm³/mol. The van der Waals surface area contributed by atoms with Gasteiger partial charge in [-0.1, -0.05) is 29.8 Å². The molecule has 1 saturated heterocycles. The van der Waals surface area contributed by atoms with Crippen LogP contribution in [-0.2, 0) is 17.9 Å². The van der Waals surface area contributed by atoms with Crippen LogP contribution < -0.4 is 11.0 Å². The Morgan fingerprint density at radius 1 is 1.12 bits per heavy atom. The van der Waals surface area contributed by atoms with Crippen molar-refractivity contribution in [3.63, 3.8) is 0 Å². The van der Waals surface area contributed by atoms with Gasteiger partial charge in [0.15, 0.2) is 5.82 Å². The molecule has 0 spiro atoms. The minimum atomic E-state index is -4.56. The first-order valence-electron chi connectivity index (χ1n) is 10.7. The second-order valence-corrected chi connectivity index (χ2v) is 8.41. The normalized spacial score (nSPS) is 18.4. The van der Waals surface area contributed by atoms with Gasteiger partial charge in [0.1, 0.15) is 12.6 Å². The summed E-state index contributed by atoms with van der Waals surface area (Å²) in [6.45, 7) is 1.32. The van der Waals surface area contributed by atoms with Gasteiger partial charge in [-0.15, -0.1) is 0 Å². The quantitative estimate of drug-likeness (QED) is 0.742. The van der Waals surface area contributed by atoms with E-state index >= 15 is 0 Å². The molecule has 0 radical (unpaired) electrons. The highest BCUT2D eigenvalue weighted by Crippen LogP contribution is 2.23. The predicted octanol–water partition coefficient (Wildman–Crippen LogP) is 1.65. The van der Waals surface area contributed by atoms with Crippen LogP contribution in [0.15, 0.2) is 29.1 Å². The van der Waals surface area contributed by atoms with E-state index in [-0.39, 0.29) is 31.4 Å². The second kappa shape index (κ2) is 8.91. The van der Waals surface area contributed by atoms with Gasteiger partial charge in [-0.3, -0.25) is 9.36 Å². The lowest BCUT2D eigenvalue weighted by atomic mass is 10.1. The van der Waals surface area contributed by atoms with E-state index in [0.29, 0.717) is 13.1 Å². The Labute approximate surface area is 187 Å². The maximum absolute atomic E-state index is 13.2. The summed E-state index contributed by atoms with van der Waals surface area (Å²) in [5, 5.41) is 6.16. The molecule has 2 aliphatic rings. The van der Waals surface area contributed by atoms with E-state index in [0.717, 1.165) is 28.9 Å². The Hall–Kier alpha value is -3.31. The van der Waals surface area contributed by atoms with Crippen LogP contribution in [-0.4, -0.2) is 68.4 Å². The molecule has 1 aromatic heterocycles. The summed E-state index contributed by atoms with van der Waals surface area (Å²) in [5.41, 5.74) is 1.41. The minimum Gasteiger partial charge on any atom is -0.341 e. The van der Waals surface area contributed by atoms with Crippen molar-refractivity contribution in [2.24, 2.45) is 0 Å². The van der Waals surface area contributed by atoms with Gasteiger partial charge in [0.25, 0.3) is 0 Å². The molecular formula is C21H25F3N6O3. The standard InChI is InChI=1S/C21H25F3N6O3/c1-14-4-6-15(7-5-14)10-29-20(33)30-16(18(31)27-8-2-3-9-27)11-28(12-17(30)26-29)19(32)25-13-21(22,23)24/h4-7,16H,2-3,8-13H2,1H3,(H,25,32). The molecule has 33 heavy (non-hydrogen) atoms. The van der Waals surface area contributed by atoms with Crippen molar-refractivity contribution in [3.8, 4) is 0 Å². The molecular weight excluding hydrogens is 441 g/mol. The van der Waals surface area contributed by atoms with Gasteiger partial charge < -0.3 is 15.1 Å². The van der Waals surface area contributed by atoms with E-state index in [1.54, 1.807) is 4.90 Å². The maximum atomic E-state index is 13.2. The third kappa shape index (κ3) is 5.04. The van der Waals surface area contributed by atoms with Crippen LogP contribution in [0.4, 0.5) is 18.0 Å². The first-order chi connectivity index (χ1) is 15.6. The third-order valence-corrected chi connectivity index (χ3v) is 5.86. The van der Waals surface area contributed by atoms with Crippen LogP contribution in [0.5, 0.6) is 0 Å². The van der Waals surface area contributed by atoms with Crippen LogP contribution in [0, 0.1) is 6.92 Å². The number of aryl methyl sites for hydroxylation is 1. The SMILES string of the molecule is Cc1ccc(Cn2nc3n(c2=O)C(C(=O)N2CCCC2)CN(C(=O)NCC(F)(F)F)C3)cc1. The summed E-state index contributed by atoms with van der Waals surface area (Å²) in [4.78, 5) is 41.5. The Balaban J connectivity index is 1.63. The number of halogens is 3. The number of carbonyl (C=O) groups is 2. The van der Waals surface area contributed by atoms with E-state index in [1.165, 1.54) is 9.25 Å². The monoisotopic (exact) mass is 466 g/mol. The topological polar surface area (TPSA) is 92.5 Å². The van der Waals surface area contributed by atoms with E-state index in [1.807, 2.05) is 36.5 Å². The number of rotatable bonds is 4. The zero-order chi connectivity index (χ0) is 23.8. The lowest BCUT2D eigenvalue weighted by Gasteiger charge is -2.34. The Morgan fingerprint density at radius 3 is 2.42 bits per heavy atom. The van der Waals surface area contributed by atoms with Gasteiger partial charge in [0, 0.05) is 13.1 Å². The van der Waals surface area contributed by atoms with Crippen molar-refractivity contribution in [2.75, 3.05) is 26.2 Å². The highest BCUT2D eigenvalue weighted by molar-refractivity contribution is 5.82. The number of amides is 3. The molecule has 1 unspecified atom stereocenters. The first kappa shape index (κ1) is 22.9. The maximum Gasteiger partial charge on any atom is 0.405 e. The van der Waals surface area contributed by atoms with E-state index in [9.17, 15) is 27.6 Å². The number of urea groups is 1. The second-order valence-electron chi connectivity index (χ2n) is 8.41. The van der Waals surface area contributed by atoms with Crippen molar-refractivity contribution >= 4 is 11.9 Å². The van der Waals surface area contributed by atoms with E-state index < -0.39 is 30.5 Å². The lowest BCUT2D eigenvalue weighted by molar-refractivity contribution is -0.135. The summed E-state index contributed by atoms with van der Waals surface area (Å²) in [6, 6.07) is 5.54. The van der Waals surface area contributed by atoms with Crippen molar-refractivity contribution in [3.05, 3.63) is 51.7 Å². The van der Waals surface area contributed by atoms with E-state index in [2.05, 4.69) is 5.10 Å². The van der Waals surface area contributed by atoms with Gasteiger partial charge >= 0.3 is 17.9 Å². The number of fused-ring (bicyclic) bond motifs is 1. The molecule has 0 bridgehead atoms. The fourth-order valence-electron chi connectivity index (χ4n) is 4.16. The van der Waals surface area contributed by atoms with Crippen molar-refractivity contribution < 1.29 is 22.8 Å². The molecule has 1 atom stereocenters. The number of hydrogen-bond donors (Lipinski definition) is 1. The Morgan fingerprint density at radius 2 is 1.79 bits per heavy atom. The molecule has 1 aromatic carbocycles. The molecule has 3 amide bonds. The number of alkyl halides is 3. The minimum absolute atomic E-state index is 0.165. The highest BCUT2D eigenvalue weighted by atomic mass is 19.4. The fourth-order valence-corrected chi connectivity index (χ4v) is 4.16. The average Bonchev–Trinajstić information content (AvgIpc) is 3.41. The molecule has 1 fully saturated rings. The van der Waals surface area contributed by atoms with Gasteiger partial charge in [0.05, 0.1) is 19.6 Å². The number of likely N-dealkylation sites (tertiary alicyclic amines) is 1. The molecule has 4 rings (SSSR count). The molecule has 0 saturated carbocycles. The lowest BCUT2D eigenvalue weighted by Crippen LogP contribution is -2.53. The van der Waals surface area contributed by atoms with Gasteiger partial charge in [-0.2, -0.15) is 18.3 Å². The number of benzene rings is 1. The number of aromatic nitrogens is 3.